The molecule has 2 aromatic heterocycles. The van der Waals surface area contributed by atoms with Gasteiger partial charge in [-0.15, -0.1) is 0 Å². The molecule has 1 aromatic carbocycles. The summed E-state index contributed by atoms with van der Waals surface area (Å²) in [5.41, 5.74) is 1.60. The van der Waals surface area contributed by atoms with Gasteiger partial charge >= 0.3 is 0 Å². The Hall–Kier alpha value is -3.45. The number of hydrogen-bond acceptors (Lipinski definition) is 6. The molecule has 1 unspecified atom stereocenters. The third kappa shape index (κ3) is 8.15. The zero-order valence-electron chi connectivity index (χ0n) is 21.6. The van der Waals surface area contributed by atoms with E-state index in [1.807, 2.05) is 53.9 Å². The molecular formula is C27H39N5O2. The average molecular weight is 466 g/mol. The molecule has 2 heterocycles. The molecule has 3 rings (SSSR count). The van der Waals surface area contributed by atoms with Crippen molar-refractivity contribution in [2.75, 3.05) is 26.0 Å². The Morgan fingerprint density at radius 2 is 1.74 bits per heavy atom. The first-order chi connectivity index (χ1) is 16.3. The highest BCUT2D eigenvalue weighted by Gasteiger charge is 2.16. The lowest BCUT2D eigenvalue weighted by molar-refractivity contribution is 0.242. The summed E-state index contributed by atoms with van der Waals surface area (Å²) in [7, 11) is 5.72. The first-order valence-electron chi connectivity index (χ1n) is 11.5. The first kappa shape index (κ1) is 28.6. The van der Waals surface area contributed by atoms with Crippen LogP contribution in [0.5, 0.6) is 5.75 Å². The largest absolute Gasteiger partial charge is 0.491 e. The Morgan fingerprint density at radius 1 is 1.12 bits per heavy atom. The highest BCUT2D eigenvalue weighted by Crippen LogP contribution is 2.23. The van der Waals surface area contributed by atoms with Crippen LogP contribution in [0, 0.1) is 0 Å². The molecule has 0 aliphatic carbocycles. The van der Waals surface area contributed by atoms with Crippen molar-refractivity contribution in [2.24, 2.45) is 7.05 Å². The Kier molecular flexibility index (Phi) is 12.3. The topological polar surface area (TPSA) is 72.3 Å². The molecule has 0 bridgehead atoms. The van der Waals surface area contributed by atoms with Crippen LogP contribution in [0.1, 0.15) is 39.3 Å². The number of rotatable bonds is 8. The van der Waals surface area contributed by atoms with Crippen molar-refractivity contribution >= 4 is 16.7 Å². The van der Waals surface area contributed by atoms with Crippen LogP contribution in [0.3, 0.4) is 0 Å². The smallest absolute Gasteiger partial charge is 0.276 e. The number of nitrogens with one attached hydrogen (secondary N) is 1. The lowest BCUT2D eigenvalue weighted by atomic mass is 10.1. The van der Waals surface area contributed by atoms with Crippen LogP contribution in [-0.2, 0) is 7.05 Å². The van der Waals surface area contributed by atoms with Crippen LogP contribution in [0.25, 0.3) is 10.9 Å². The second kappa shape index (κ2) is 14.6. The molecule has 0 aliphatic heterocycles. The summed E-state index contributed by atoms with van der Waals surface area (Å²) >= 11 is 0. The van der Waals surface area contributed by atoms with E-state index < -0.39 is 0 Å². The maximum absolute atomic E-state index is 12.3. The average Bonchev–Trinajstić information content (AvgIpc) is 2.84. The van der Waals surface area contributed by atoms with E-state index in [0.29, 0.717) is 23.3 Å². The Balaban J connectivity index is 0.000000872. The molecule has 3 aromatic rings. The fourth-order valence-corrected chi connectivity index (χ4v) is 3.14. The molecule has 0 saturated heterocycles. The summed E-state index contributed by atoms with van der Waals surface area (Å²) in [4.78, 5) is 18.8. The van der Waals surface area contributed by atoms with Gasteiger partial charge in [-0.1, -0.05) is 51.3 Å². The molecule has 1 atom stereocenters. The van der Waals surface area contributed by atoms with Crippen LogP contribution < -0.4 is 15.6 Å². The monoisotopic (exact) mass is 465 g/mol. The Bertz CT molecular complexity index is 1080. The van der Waals surface area contributed by atoms with E-state index in [1.54, 1.807) is 37.5 Å². The number of fused-ring (bicyclic) bond motifs is 1. The van der Waals surface area contributed by atoms with Crippen LogP contribution in [-0.4, -0.2) is 46.4 Å². The quantitative estimate of drug-likeness (QED) is 0.460. The van der Waals surface area contributed by atoms with Crippen molar-refractivity contribution in [3.05, 3.63) is 83.8 Å². The van der Waals surface area contributed by atoms with Gasteiger partial charge in [0.2, 0.25) is 0 Å². The van der Waals surface area contributed by atoms with Gasteiger partial charge in [-0.2, -0.15) is 5.10 Å². The summed E-state index contributed by atoms with van der Waals surface area (Å²) in [6.45, 7) is 15.4. The third-order valence-electron chi connectivity index (χ3n) is 4.70. The van der Waals surface area contributed by atoms with Crippen molar-refractivity contribution in [2.45, 2.75) is 39.8 Å². The standard InChI is InChI=1S/C21H27N5O2.C4H6.C2H6/c1-14(2)28-16-10-8-15(9-11-16)18(25(3)4)13-23-20-19-17(7-6-12-22-19)21(27)26(5)24-20;1-3-4-2;1-2/h6-12,14,18H,13H2,1-5H3,(H,23,24);3-4H,1-2H2;1-2H3. The van der Waals surface area contributed by atoms with E-state index in [9.17, 15) is 4.79 Å². The molecule has 0 aliphatic rings. The summed E-state index contributed by atoms with van der Waals surface area (Å²) in [6.07, 6.45) is 5.10. The van der Waals surface area contributed by atoms with E-state index in [4.69, 9.17) is 4.74 Å². The van der Waals surface area contributed by atoms with Crippen LogP contribution >= 0.6 is 0 Å². The fraction of sp³-hybridized carbons (Fsp3) is 0.370. The minimum atomic E-state index is -0.154. The van der Waals surface area contributed by atoms with E-state index in [-0.39, 0.29) is 17.7 Å². The summed E-state index contributed by atoms with van der Waals surface area (Å²) < 4.78 is 7.07. The van der Waals surface area contributed by atoms with Gasteiger partial charge in [0.15, 0.2) is 5.82 Å². The van der Waals surface area contributed by atoms with Gasteiger partial charge in [0.25, 0.3) is 5.56 Å². The molecule has 0 saturated carbocycles. The first-order valence-corrected chi connectivity index (χ1v) is 11.5. The zero-order chi connectivity index (χ0) is 25.7. The molecule has 7 heteroatoms. The molecule has 7 nitrogen and oxygen atoms in total. The zero-order valence-corrected chi connectivity index (χ0v) is 21.6. The predicted molar refractivity (Wildman–Crippen MR) is 144 cm³/mol. The van der Waals surface area contributed by atoms with Crippen molar-refractivity contribution in [3.8, 4) is 5.75 Å². The lowest BCUT2D eigenvalue weighted by Gasteiger charge is -2.26. The number of ether oxygens (including phenoxy) is 1. The maximum Gasteiger partial charge on any atom is 0.276 e. The number of benzene rings is 1. The third-order valence-corrected chi connectivity index (χ3v) is 4.70. The van der Waals surface area contributed by atoms with Crippen molar-refractivity contribution in [1.29, 1.82) is 0 Å². The number of nitrogens with zero attached hydrogens (tertiary/aromatic N) is 4. The van der Waals surface area contributed by atoms with Crippen molar-refractivity contribution in [1.82, 2.24) is 19.7 Å². The molecule has 0 spiro atoms. The van der Waals surface area contributed by atoms with Crippen LogP contribution in [0.15, 0.2) is 72.7 Å². The minimum absolute atomic E-state index is 0.117. The van der Waals surface area contributed by atoms with Gasteiger partial charge in [0, 0.05) is 19.8 Å². The second-order valence-corrected chi connectivity index (χ2v) is 7.74. The highest BCUT2D eigenvalue weighted by molar-refractivity contribution is 5.86. The number of anilines is 1. The highest BCUT2D eigenvalue weighted by atomic mass is 16.5. The van der Waals surface area contributed by atoms with Crippen LogP contribution in [0.2, 0.25) is 0 Å². The molecule has 184 valence electrons. The second-order valence-electron chi connectivity index (χ2n) is 7.74. The normalized spacial score (nSPS) is 11.1. The summed E-state index contributed by atoms with van der Waals surface area (Å²) in [6, 6.07) is 11.8. The van der Waals surface area contributed by atoms with Gasteiger partial charge in [-0.05, 0) is 57.8 Å². The molecule has 34 heavy (non-hydrogen) atoms. The van der Waals surface area contributed by atoms with Crippen molar-refractivity contribution < 1.29 is 4.74 Å². The molecule has 0 fully saturated rings. The van der Waals surface area contributed by atoms with Crippen LogP contribution in [0.4, 0.5) is 5.82 Å². The van der Waals surface area contributed by atoms with E-state index >= 15 is 0 Å². The predicted octanol–water partition coefficient (Wildman–Crippen LogP) is 5.22. The lowest BCUT2D eigenvalue weighted by Crippen LogP contribution is -2.28. The number of hydrogen-bond donors (Lipinski definition) is 1. The number of aryl methyl sites for hydroxylation is 1. The molecule has 0 radical (unpaired) electrons. The van der Waals surface area contributed by atoms with E-state index in [2.05, 4.69) is 45.6 Å². The van der Waals surface area contributed by atoms with Gasteiger partial charge in [-0.3, -0.25) is 9.78 Å². The number of likely N-dealkylation sites (N-methyl/N-ethyl adjacent to an activating group) is 1. The van der Waals surface area contributed by atoms with Gasteiger partial charge in [0.05, 0.1) is 17.5 Å². The summed E-state index contributed by atoms with van der Waals surface area (Å²) in [5.74, 6) is 1.46. The number of aromatic nitrogens is 3. The van der Waals surface area contributed by atoms with Gasteiger partial charge < -0.3 is 15.0 Å². The SMILES string of the molecule is C=CC=C.CC.CC(C)Oc1ccc(C(CNc2nn(C)c(=O)c3cccnc23)N(C)C)cc1. The van der Waals surface area contributed by atoms with E-state index in [0.717, 1.165) is 11.3 Å². The molecule has 0 amide bonds. The maximum atomic E-state index is 12.3. The van der Waals surface area contributed by atoms with Crippen molar-refractivity contribution in [3.63, 3.8) is 0 Å². The molecule has 1 N–H and O–H groups in total. The number of allylic oxidation sites excluding steroid dienone is 2. The molecular weight excluding hydrogens is 426 g/mol. The van der Waals surface area contributed by atoms with Gasteiger partial charge in [0.1, 0.15) is 11.3 Å². The summed E-state index contributed by atoms with van der Waals surface area (Å²) in [5, 5.41) is 8.30. The van der Waals surface area contributed by atoms with Gasteiger partial charge in [-0.25, -0.2) is 4.68 Å². The fourth-order valence-electron chi connectivity index (χ4n) is 3.14. The van der Waals surface area contributed by atoms with E-state index in [1.165, 1.54) is 4.68 Å². The minimum Gasteiger partial charge on any atom is -0.491 e. The Morgan fingerprint density at radius 3 is 2.26 bits per heavy atom. The Labute approximate surface area is 203 Å². The number of pyridine rings is 1.